The molecule has 3 heterocycles. The molecule has 2 aliphatic heterocycles. The van der Waals surface area contributed by atoms with E-state index >= 15 is 0 Å². The van der Waals surface area contributed by atoms with Gasteiger partial charge in [0.1, 0.15) is 0 Å². The van der Waals surface area contributed by atoms with Crippen molar-refractivity contribution in [3.8, 4) is 0 Å². The number of aromatic nitrogens is 1. The molecule has 5 rings (SSSR count). The molecule has 2 aliphatic rings. The fourth-order valence-corrected chi connectivity index (χ4v) is 5.03. The summed E-state index contributed by atoms with van der Waals surface area (Å²) in [6, 6.07) is 16.4. The Morgan fingerprint density at radius 1 is 0.969 bits per heavy atom. The van der Waals surface area contributed by atoms with E-state index in [1.54, 1.807) is 10.8 Å². The van der Waals surface area contributed by atoms with E-state index in [1.807, 2.05) is 18.2 Å². The first-order chi connectivity index (χ1) is 15.6. The van der Waals surface area contributed by atoms with Gasteiger partial charge >= 0.3 is 0 Å². The second-order valence-electron chi connectivity index (χ2n) is 9.17. The summed E-state index contributed by atoms with van der Waals surface area (Å²) in [5.41, 5.74) is 3.75. The Labute approximate surface area is 188 Å². The zero-order valence-electron chi connectivity index (χ0n) is 18.4. The van der Waals surface area contributed by atoms with E-state index in [1.165, 1.54) is 11.1 Å². The minimum Gasteiger partial charge on any atom is -0.393 e. The number of anilines is 1. The molecule has 3 aromatic rings. The minimum atomic E-state index is -0.602. The van der Waals surface area contributed by atoms with Gasteiger partial charge in [0, 0.05) is 50.0 Å². The zero-order chi connectivity index (χ0) is 22.1. The van der Waals surface area contributed by atoms with Crippen LogP contribution in [0.2, 0.25) is 0 Å². The number of piperidine rings is 1. The third kappa shape index (κ3) is 4.44. The van der Waals surface area contributed by atoms with E-state index < -0.39 is 6.10 Å². The minimum absolute atomic E-state index is 0.0637. The fraction of sp³-hybridized carbons (Fsp3) is 0.423. The highest BCUT2D eigenvalue weighted by molar-refractivity contribution is 5.85. The van der Waals surface area contributed by atoms with Crippen molar-refractivity contribution >= 4 is 16.5 Å². The largest absolute Gasteiger partial charge is 0.393 e. The number of aliphatic hydroxyl groups excluding tert-OH is 2. The van der Waals surface area contributed by atoms with Crippen LogP contribution >= 0.6 is 0 Å². The summed E-state index contributed by atoms with van der Waals surface area (Å²) >= 11 is 0. The Balaban J connectivity index is 1.27. The molecule has 0 amide bonds. The van der Waals surface area contributed by atoms with E-state index in [0.29, 0.717) is 18.5 Å². The molecular formula is C26H31N3O3. The van der Waals surface area contributed by atoms with Crippen molar-refractivity contribution < 1.29 is 10.2 Å². The van der Waals surface area contributed by atoms with E-state index in [4.69, 9.17) is 0 Å². The van der Waals surface area contributed by atoms with Gasteiger partial charge in [0.25, 0.3) is 5.56 Å². The lowest BCUT2D eigenvalue weighted by Gasteiger charge is -2.31. The van der Waals surface area contributed by atoms with E-state index in [-0.39, 0.29) is 11.7 Å². The van der Waals surface area contributed by atoms with Gasteiger partial charge in [0.15, 0.2) is 0 Å². The second-order valence-corrected chi connectivity index (χ2v) is 9.17. The summed E-state index contributed by atoms with van der Waals surface area (Å²) < 4.78 is 1.63. The molecule has 0 unspecified atom stereocenters. The topological polar surface area (TPSA) is 68.9 Å². The molecule has 1 saturated heterocycles. The number of fused-ring (bicyclic) bond motifs is 2. The summed E-state index contributed by atoms with van der Waals surface area (Å²) in [5, 5.41) is 22.0. The molecule has 32 heavy (non-hydrogen) atoms. The van der Waals surface area contributed by atoms with Crippen LogP contribution in [0.25, 0.3) is 10.8 Å². The molecule has 2 N–H and O–H groups in total. The van der Waals surface area contributed by atoms with Gasteiger partial charge in [0.2, 0.25) is 0 Å². The average Bonchev–Trinajstić information content (AvgIpc) is 2.81. The van der Waals surface area contributed by atoms with Crippen molar-refractivity contribution in [3.63, 3.8) is 0 Å². The maximum absolute atomic E-state index is 13.0. The smallest absolute Gasteiger partial charge is 0.258 e. The van der Waals surface area contributed by atoms with Gasteiger partial charge in [-0.25, -0.2) is 0 Å². The summed E-state index contributed by atoms with van der Waals surface area (Å²) in [6.07, 6.45) is 3.54. The summed E-state index contributed by atoms with van der Waals surface area (Å²) in [5.74, 6) is 0. The number of rotatable bonds is 5. The Hall–Kier alpha value is -2.67. The predicted molar refractivity (Wildman–Crippen MR) is 127 cm³/mol. The standard InChI is InChI=1S/C26H31N3O3/c30-23-9-13-28(14-10-23)22-5-6-25-20(15-22)8-12-29(26(25)32)18-24(31)17-27-11-7-19-3-1-2-4-21(19)16-27/h1-6,8,12,15,23-24,30-31H,7,9-11,13-14,16-18H2/t24-/m1/s1. The monoisotopic (exact) mass is 433 g/mol. The highest BCUT2D eigenvalue weighted by Gasteiger charge is 2.20. The first-order valence-electron chi connectivity index (χ1n) is 11.6. The summed E-state index contributed by atoms with van der Waals surface area (Å²) in [4.78, 5) is 17.6. The maximum atomic E-state index is 13.0. The number of nitrogens with zero attached hydrogens (tertiary/aromatic N) is 3. The zero-order valence-corrected chi connectivity index (χ0v) is 18.4. The quantitative estimate of drug-likeness (QED) is 0.647. The molecule has 1 fully saturated rings. The maximum Gasteiger partial charge on any atom is 0.258 e. The molecule has 168 valence electrons. The van der Waals surface area contributed by atoms with Crippen LogP contribution in [-0.4, -0.2) is 58.1 Å². The Morgan fingerprint density at radius 3 is 2.56 bits per heavy atom. The van der Waals surface area contributed by atoms with Crippen LogP contribution in [0.1, 0.15) is 24.0 Å². The highest BCUT2D eigenvalue weighted by atomic mass is 16.3. The number of pyridine rings is 1. The molecule has 0 radical (unpaired) electrons. The highest BCUT2D eigenvalue weighted by Crippen LogP contribution is 2.24. The van der Waals surface area contributed by atoms with Crippen LogP contribution in [0.5, 0.6) is 0 Å². The Morgan fingerprint density at radius 2 is 1.75 bits per heavy atom. The van der Waals surface area contributed by atoms with E-state index in [0.717, 1.165) is 56.5 Å². The van der Waals surface area contributed by atoms with Crippen molar-refractivity contribution in [2.45, 2.75) is 44.6 Å². The Bertz CT molecular complexity index is 1150. The van der Waals surface area contributed by atoms with Crippen LogP contribution in [0.3, 0.4) is 0 Å². The van der Waals surface area contributed by atoms with Gasteiger partial charge in [-0.3, -0.25) is 9.69 Å². The number of aliphatic hydroxyl groups is 2. The van der Waals surface area contributed by atoms with Gasteiger partial charge in [-0.05, 0) is 60.0 Å². The van der Waals surface area contributed by atoms with Gasteiger partial charge in [-0.1, -0.05) is 24.3 Å². The van der Waals surface area contributed by atoms with Crippen LogP contribution in [0, 0.1) is 0 Å². The third-order valence-corrected chi connectivity index (χ3v) is 6.88. The molecule has 2 aromatic carbocycles. The van der Waals surface area contributed by atoms with Crippen molar-refractivity contribution in [3.05, 3.63) is 76.2 Å². The van der Waals surface area contributed by atoms with Crippen LogP contribution in [-0.2, 0) is 19.5 Å². The lowest BCUT2D eigenvalue weighted by molar-refractivity contribution is 0.0911. The summed E-state index contributed by atoms with van der Waals surface area (Å²) in [7, 11) is 0. The summed E-state index contributed by atoms with van der Waals surface area (Å²) in [6.45, 7) is 4.28. The molecule has 6 nitrogen and oxygen atoms in total. The van der Waals surface area contributed by atoms with Crippen molar-refractivity contribution in [1.29, 1.82) is 0 Å². The van der Waals surface area contributed by atoms with Gasteiger partial charge in [-0.15, -0.1) is 0 Å². The number of β-amino-alcohol motifs (C(OH)–C–C–N with tert-alkyl or cyclic N) is 1. The van der Waals surface area contributed by atoms with Crippen molar-refractivity contribution in [1.82, 2.24) is 9.47 Å². The lowest BCUT2D eigenvalue weighted by atomic mass is 10.00. The second kappa shape index (κ2) is 9.06. The van der Waals surface area contributed by atoms with Gasteiger partial charge in [-0.2, -0.15) is 0 Å². The van der Waals surface area contributed by atoms with Crippen molar-refractivity contribution in [2.75, 3.05) is 31.1 Å². The number of hydrogen-bond donors (Lipinski definition) is 2. The molecule has 1 aromatic heterocycles. The van der Waals surface area contributed by atoms with Crippen LogP contribution in [0.4, 0.5) is 5.69 Å². The lowest BCUT2D eigenvalue weighted by Crippen LogP contribution is -2.39. The van der Waals surface area contributed by atoms with Gasteiger partial charge in [0.05, 0.1) is 18.8 Å². The predicted octanol–water partition coefficient (Wildman–Crippen LogP) is 2.38. The Kier molecular flexibility index (Phi) is 6.00. The molecular weight excluding hydrogens is 402 g/mol. The molecule has 0 spiro atoms. The van der Waals surface area contributed by atoms with Crippen LogP contribution < -0.4 is 10.5 Å². The van der Waals surface area contributed by atoms with Crippen LogP contribution in [0.15, 0.2) is 59.5 Å². The molecule has 0 aliphatic carbocycles. The van der Waals surface area contributed by atoms with E-state index in [9.17, 15) is 15.0 Å². The normalized spacial score (nSPS) is 18.6. The SMILES string of the molecule is O=c1c2ccc(N3CCC(O)CC3)cc2ccn1C[C@H](O)CN1CCc2ccccc2C1. The number of hydrogen-bond acceptors (Lipinski definition) is 5. The molecule has 0 bridgehead atoms. The first kappa shape index (κ1) is 21.2. The molecule has 6 heteroatoms. The van der Waals surface area contributed by atoms with Gasteiger partial charge < -0.3 is 19.7 Å². The average molecular weight is 434 g/mol. The first-order valence-corrected chi connectivity index (χ1v) is 11.6. The van der Waals surface area contributed by atoms with Crippen molar-refractivity contribution in [2.24, 2.45) is 0 Å². The molecule has 1 atom stereocenters. The molecule has 0 saturated carbocycles. The third-order valence-electron chi connectivity index (χ3n) is 6.88. The fourth-order valence-electron chi connectivity index (χ4n) is 5.03. The number of benzene rings is 2. The van der Waals surface area contributed by atoms with E-state index in [2.05, 4.69) is 40.1 Å².